The van der Waals surface area contributed by atoms with Gasteiger partial charge in [-0.15, -0.1) is 0 Å². The number of rotatable bonds is 14. The molecule has 0 fully saturated rings. The standard InChI is InChI=1S/C41H57FN6O11/c1-23-18-27-34(45-16-10-8-7-9-15-44-33(50)14-17-48-22-28(42)39(54)47-41(48)56)30(49)21-29(36(27)52)46-38(53)24(2)12-11-13-31(57-5)37(59-40(43)55)26(4)20-25(3)35(51)32(19-23)58-6/h11-13,20-23,25,31-32,35,37,45,51H,7-10,14-19H2,1-6H3,(H2,43,55)(H,44,50)(H,46,53)(H,47,54,56)/t23-,25+,31+,32+,35+,37+/m1/s1. The lowest BCUT2D eigenvalue weighted by Gasteiger charge is -2.30. The summed E-state index contributed by atoms with van der Waals surface area (Å²) in [5.74, 6) is -3.85. The highest BCUT2D eigenvalue weighted by molar-refractivity contribution is 6.23. The summed E-state index contributed by atoms with van der Waals surface area (Å²) in [6.07, 6.45) is 6.74. The summed E-state index contributed by atoms with van der Waals surface area (Å²) in [7, 11) is 2.88. The van der Waals surface area contributed by atoms with Gasteiger partial charge < -0.3 is 41.0 Å². The van der Waals surface area contributed by atoms with Gasteiger partial charge in [0, 0.05) is 63.4 Å². The molecule has 0 spiro atoms. The van der Waals surface area contributed by atoms with Crippen LogP contribution in [0.3, 0.4) is 0 Å². The summed E-state index contributed by atoms with van der Waals surface area (Å²) in [6, 6.07) is 0. The molecule has 0 saturated heterocycles. The number of hydrogen-bond donors (Lipinski definition) is 6. The lowest BCUT2D eigenvalue weighted by atomic mass is 9.85. The highest BCUT2D eigenvalue weighted by atomic mass is 19.1. The average molecular weight is 829 g/mol. The Morgan fingerprint density at radius 1 is 1.03 bits per heavy atom. The van der Waals surface area contributed by atoms with E-state index >= 15 is 0 Å². The maximum atomic E-state index is 14.0. The molecule has 7 N–H and O–H groups in total. The van der Waals surface area contributed by atoms with Crippen LogP contribution < -0.4 is 32.9 Å². The number of aromatic amines is 1. The van der Waals surface area contributed by atoms with Gasteiger partial charge in [-0.1, -0.05) is 51.0 Å². The molecule has 0 aromatic carbocycles. The van der Waals surface area contributed by atoms with Gasteiger partial charge in [0.05, 0.1) is 29.8 Å². The van der Waals surface area contributed by atoms with E-state index in [2.05, 4.69) is 16.0 Å². The Bertz CT molecular complexity index is 1980. The number of ketones is 2. The molecule has 0 radical (unpaired) electrons. The van der Waals surface area contributed by atoms with Crippen molar-refractivity contribution >= 4 is 29.5 Å². The van der Waals surface area contributed by atoms with Gasteiger partial charge in [-0.3, -0.25) is 33.5 Å². The number of H-pyrrole nitrogens is 1. The minimum Gasteiger partial charge on any atom is -0.439 e. The van der Waals surface area contributed by atoms with E-state index < -0.39 is 71.0 Å². The number of halogens is 1. The Labute approximate surface area is 342 Å². The quantitative estimate of drug-likeness (QED) is 0.0897. The molecule has 3 amide bonds. The SMILES string of the molecule is CO[C@H]1C=CC=C(C)C(=O)NC2=CC(=O)C(NCCCCCCNC(=O)CCn3cc(F)c(=O)[nH]c3=O)=C(C[C@@H](C)C[C@H](OC)[C@@H](O)[C@@H](C)C=C(C)[C@@H]1OC(N)=O)C2=O. The lowest BCUT2D eigenvalue weighted by molar-refractivity contribution is -0.121. The molecule has 17 nitrogen and oxygen atoms in total. The number of amides is 3. The predicted molar refractivity (Wildman–Crippen MR) is 215 cm³/mol. The van der Waals surface area contributed by atoms with E-state index in [1.807, 2.05) is 11.9 Å². The van der Waals surface area contributed by atoms with E-state index in [0.29, 0.717) is 37.9 Å². The van der Waals surface area contributed by atoms with Crippen LogP contribution >= 0.6 is 0 Å². The topological polar surface area (TPSA) is 250 Å². The molecule has 1 aromatic heterocycles. The van der Waals surface area contributed by atoms with Crippen molar-refractivity contribution in [3.05, 3.63) is 91.3 Å². The summed E-state index contributed by atoms with van der Waals surface area (Å²) in [5, 5.41) is 19.9. The van der Waals surface area contributed by atoms with Crippen molar-refractivity contribution in [1.82, 2.24) is 25.5 Å². The monoisotopic (exact) mass is 828 g/mol. The second-order valence-corrected chi connectivity index (χ2v) is 14.8. The second-order valence-electron chi connectivity index (χ2n) is 14.8. The zero-order chi connectivity index (χ0) is 43.8. The molecule has 2 heterocycles. The van der Waals surface area contributed by atoms with Crippen LogP contribution in [0.1, 0.15) is 72.6 Å². The Morgan fingerprint density at radius 3 is 2.39 bits per heavy atom. The molecule has 3 rings (SSSR count). The maximum absolute atomic E-state index is 14.0. The van der Waals surface area contributed by atoms with Crippen molar-refractivity contribution < 1.29 is 47.7 Å². The molecular weight excluding hydrogens is 771 g/mol. The van der Waals surface area contributed by atoms with Crippen LogP contribution in [0.4, 0.5) is 9.18 Å². The first-order valence-corrected chi connectivity index (χ1v) is 19.5. The number of aliphatic hydroxyl groups is 1. The molecule has 1 aliphatic carbocycles. The number of carbonyl (C=O) groups excluding carboxylic acids is 5. The highest BCUT2D eigenvalue weighted by Gasteiger charge is 2.33. The molecule has 1 aliphatic heterocycles. The first-order chi connectivity index (χ1) is 28.0. The number of aryl methyl sites for hydroxylation is 1. The minimum atomic E-state index is -1.12. The predicted octanol–water partition coefficient (Wildman–Crippen LogP) is 2.11. The molecule has 2 bridgehead atoms. The number of allylic oxidation sites excluding steroid dienone is 4. The average Bonchev–Trinajstić information content (AvgIpc) is 3.18. The summed E-state index contributed by atoms with van der Waals surface area (Å²) in [6.45, 7) is 7.52. The number of aromatic nitrogens is 2. The number of nitrogens with two attached hydrogens (primary N) is 1. The van der Waals surface area contributed by atoms with Gasteiger partial charge >= 0.3 is 11.8 Å². The van der Waals surface area contributed by atoms with Crippen LogP contribution in [0.2, 0.25) is 0 Å². The molecule has 324 valence electrons. The number of fused-ring (bicyclic) bond motifs is 2. The molecule has 2 aliphatic rings. The van der Waals surface area contributed by atoms with Gasteiger partial charge in [0.15, 0.2) is 6.10 Å². The number of primary amides is 1. The Hall–Kier alpha value is -5.46. The van der Waals surface area contributed by atoms with Crippen molar-refractivity contribution in [2.45, 2.75) is 104 Å². The van der Waals surface area contributed by atoms with Gasteiger partial charge in [-0.2, -0.15) is 4.39 Å². The maximum Gasteiger partial charge on any atom is 0.405 e. The van der Waals surface area contributed by atoms with E-state index in [0.717, 1.165) is 29.7 Å². The van der Waals surface area contributed by atoms with Crippen molar-refractivity contribution in [2.24, 2.45) is 17.6 Å². The van der Waals surface area contributed by atoms with E-state index in [1.165, 1.54) is 33.3 Å². The van der Waals surface area contributed by atoms with E-state index in [4.69, 9.17) is 19.9 Å². The zero-order valence-corrected chi connectivity index (χ0v) is 34.4. The Balaban J connectivity index is 1.72. The highest BCUT2D eigenvalue weighted by Crippen LogP contribution is 2.29. The number of ether oxygens (including phenoxy) is 3. The number of hydrogen-bond acceptors (Lipinski definition) is 12. The fourth-order valence-electron chi connectivity index (χ4n) is 6.78. The van der Waals surface area contributed by atoms with Crippen molar-refractivity contribution in [2.75, 3.05) is 27.3 Å². The second kappa shape index (κ2) is 23.2. The molecule has 6 atom stereocenters. The molecule has 1 aromatic rings. The van der Waals surface area contributed by atoms with Gasteiger partial charge in [0.1, 0.15) is 6.10 Å². The lowest BCUT2D eigenvalue weighted by Crippen LogP contribution is -2.38. The number of aliphatic hydroxyl groups excluding tert-OH is 1. The summed E-state index contributed by atoms with van der Waals surface area (Å²) >= 11 is 0. The summed E-state index contributed by atoms with van der Waals surface area (Å²) in [4.78, 5) is 89.6. The number of unbranched alkanes of at least 4 members (excludes halogenated alkanes) is 3. The first-order valence-electron chi connectivity index (χ1n) is 19.5. The van der Waals surface area contributed by atoms with Gasteiger partial charge in [0.25, 0.3) is 11.5 Å². The normalized spacial score (nSPS) is 23.5. The van der Waals surface area contributed by atoms with Crippen molar-refractivity contribution in [3.8, 4) is 0 Å². The van der Waals surface area contributed by atoms with E-state index in [9.17, 15) is 43.1 Å². The number of nitrogens with one attached hydrogen (secondary N) is 4. The smallest absolute Gasteiger partial charge is 0.405 e. The molecular formula is C41H57FN6O11. The van der Waals surface area contributed by atoms with Crippen LogP contribution in [-0.4, -0.2) is 95.9 Å². The third-order valence-corrected chi connectivity index (χ3v) is 10.1. The number of methoxy groups -OCH3 is 2. The Morgan fingerprint density at radius 2 is 1.73 bits per heavy atom. The fourth-order valence-corrected chi connectivity index (χ4v) is 6.78. The zero-order valence-electron chi connectivity index (χ0n) is 34.4. The molecule has 59 heavy (non-hydrogen) atoms. The van der Waals surface area contributed by atoms with E-state index in [1.54, 1.807) is 26.0 Å². The van der Waals surface area contributed by atoms with Gasteiger partial charge in [-0.25, -0.2) is 9.59 Å². The number of nitrogens with zero attached hydrogens (tertiary/aromatic N) is 1. The van der Waals surface area contributed by atoms with Crippen molar-refractivity contribution in [1.29, 1.82) is 0 Å². The number of carbonyl (C=O) groups is 5. The first kappa shape index (κ1) is 47.9. The van der Waals surface area contributed by atoms with Crippen LogP contribution in [0, 0.1) is 17.7 Å². The third-order valence-electron chi connectivity index (χ3n) is 10.1. The minimum absolute atomic E-state index is 0.0837. The largest absolute Gasteiger partial charge is 0.439 e. The van der Waals surface area contributed by atoms with E-state index in [-0.39, 0.29) is 53.8 Å². The van der Waals surface area contributed by atoms with Gasteiger partial charge in [0.2, 0.25) is 23.3 Å². The number of Topliss-reactive ketones (excluding diaryl/α,β-unsaturated/α-hetero) is 1. The van der Waals surface area contributed by atoms with Crippen LogP contribution in [0.5, 0.6) is 0 Å². The van der Waals surface area contributed by atoms with Gasteiger partial charge in [-0.05, 0) is 51.0 Å². The fraction of sp³-hybridized carbons (Fsp3) is 0.537. The molecule has 0 saturated carbocycles. The molecule has 18 heteroatoms. The Kier molecular flexibility index (Phi) is 18.9. The van der Waals surface area contributed by atoms with Crippen LogP contribution in [0.25, 0.3) is 0 Å². The van der Waals surface area contributed by atoms with Crippen molar-refractivity contribution in [3.63, 3.8) is 0 Å². The molecule has 0 unspecified atom stereocenters. The third kappa shape index (κ3) is 14.4. The summed E-state index contributed by atoms with van der Waals surface area (Å²) < 4.78 is 31.1. The van der Waals surface area contributed by atoms with Crippen LogP contribution in [0.15, 0.2) is 74.3 Å². The van der Waals surface area contributed by atoms with Crippen LogP contribution in [-0.2, 0) is 39.9 Å². The summed E-state index contributed by atoms with van der Waals surface area (Å²) in [5.41, 5.74) is 4.35.